The Balaban J connectivity index is 1.47. The van der Waals surface area contributed by atoms with Crippen LogP contribution in [0.3, 0.4) is 0 Å². The topological polar surface area (TPSA) is 74.9 Å². The fourth-order valence-electron chi connectivity index (χ4n) is 6.36. The van der Waals surface area contributed by atoms with Gasteiger partial charge in [-0.1, -0.05) is 48.5 Å². The monoisotopic (exact) mass is 541 g/mol. The number of nitrogens with zero attached hydrogens (tertiary/aromatic N) is 2. The molecule has 3 heterocycles. The lowest BCUT2D eigenvalue weighted by molar-refractivity contribution is -0.166. The van der Waals surface area contributed by atoms with E-state index in [9.17, 15) is 14.0 Å². The molecule has 0 radical (unpaired) electrons. The summed E-state index contributed by atoms with van der Waals surface area (Å²) < 4.78 is 26.0. The lowest BCUT2D eigenvalue weighted by Gasteiger charge is -2.51. The van der Waals surface area contributed by atoms with E-state index >= 15 is 0 Å². The van der Waals surface area contributed by atoms with Crippen molar-refractivity contribution in [2.45, 2.75) is 31.7 Å². The smallest absolute Gasteiger partial charge is 0.254 e. The lowest BCUT2D eigenvalue weighted by Crippen LogP contribution is -2.67. The Morgan fingerprint density at radius 1 is 1.05 bits per heavy atom. The van der Waals surface area contributed by atoms with Gasteiger partial charge >= 0.3 is 0 Å². The molecule has 2 aliphatic rings. The second-order valence-electron chi connectivity index (χ2n) is 10.5. The molecule has 206 valence electrons. The van der Waals surface area contributed by atoms with E-state index in [-0.39, 0.29) is 36.6 Å². The molecule has 1 saturated heterocycles. The molecule has 1 N–H and O–H groups in total. The van der Waals surface area contributed by atoms with Crippen LogP contribution in [0.1, 0.15) is 42.1 Å². The third kappa shape index (κ3) is 3.93. The number of aromatic amines is 1. The predicted molar refractivity (Wildman–Crippen MR) is 150 cm³/mol. The minimum atomic E-state index is -1.24. The van der Waals surface area contributed by atoms with Gasteiger partial charge in [0.1, 0.15) is 5.82 Å². The van der Waals surface area contributed by atoms with Crippen LogP contribution in [0.15, 0.2) is 66.7 Å². The largest absolute Gasteiger partial charge is 0.493 e. The SMILES string of the molecule is CCOc1c(OC)cccc1C1CN2C(=O)CN(CCc3ccccc3F)C(=O)[C@]2(C)c2[nH]c3ccccc3c21. The van der Waals surface area contributed by atoms with E-state index in [4.69, 9.17) is 9.47 Å². The number of fused-ring (bicyclic) bond motifs is 5. The number of amides is 2. The van der Waals surface area contributed by atoms with Gasteiger partial charge in [0, 0.05) is 35.5 Å². The molecule has 6 rings (SSSR count). The molecule has 2 atom stereocenters. The molecule has 2 aliphatic heterocycles. The van der Waals surface area contributed by atoms with E-state index in [0.29, 0.717) is 42.3 Å². The molecule has 2 amide bonds. The zero-order chi connectivity index (χ0) is 28.0. The molecular formula is C32H32FN3O4. The number of H-pyrrole nitrogens is 1. The normalized spacial score (nSPS) is 20.4. The van der Waals surface area contributed by atoms with Crippen molar-refractivity contribution in [3.63, 3.8) is 0 Å². The van der Waals surface area contributed by atoms with Crippen LogP contribution in [-0.4, -0.2) is 59.9 Å². The summed E-state index contributed by atoms with van der Waals surface area (Å²) in [6.07, 6.45) is 0.325. The maximum atomic E-state index is 14.3. The fraction of sp³-hybridized carbons (Fsp3) is 0.312. The number of hydrogen-bond donors (Lipinski definition) is 1. The number of methoxy groups -OCH3 is 1. The number of nitrogens with one attached hydrogen (secondary N) is 1. The fourth-order valence-corrected chi connectivity index (χ4v) is 6.36. The third-order valence-electron chi connectivity index (χ3n) is 8.32. The van der Waals surface area contributed by atoms with Gasteiger partial charge in [0.25, 0.3) is 5.91 Å². The molecule has 0 spiro atoms. The average Bonchev–Trinajstić information content (AvgIpc) is 3.36. The van der Waals surface area contributed by atoms with Crippen molar-refractivity contribution in [2.24, 2.45) is 0 Å². The van der Waals surface area contributed by atoms with Gasteiger partial charge in [-0.25, -0.2) is 4.39 Å². The van der Waals surface area contributed by atoms with Crippen molar-refractivity contribution in [1.29, 1.82) is 0 Å². The number of carbonyl (C=O) groups excluding carboxylic acids is 2. The van der Waals surface area contributed by atoms with Gasteiger partial charge in [0.2, 0.25) is 5.91 Å². The number of benzene rings is 3. The summed E-state index contributed by atoms with van der Waals surface area (Å²) in [7, 11) is 1.61. The molecule has 1 unspecified atom stereocenters. The summed E-state index contributed by atoms with van der Waals surface area (Å²) in [6.45, 7) is 4.71. The van der Waals surface area contributed by atoms with Crippen LogP contribution >= 0.6 is 0 Å². The van der Waals surface area contributed by atoms with Crippen LogP contribution in [0.5, 0.6) is 11.5 Å². The highest BCUT2D eigenvalue weighted by atomic mass is 19.1. The van der Waals surface area contributed by atoms with Crippen molar-refractivity contribution in [3.05, 3.63) is 94.9 Å². The molecular weight excluding hydrogens is 509 g/mol. The van der Waals surface area contributed by atoms with Gasteiger partial charge in [0.15, 0.2) is 17.0 Å². The highest BCUT2D eigenvalue weighted by molar-refractivity contribution is 6.01. The van der Waals surface area contributed by atoms with E-state index in [2.05, 4.69) is 4.98 Å². The Kier molecular flexibility index (Phi) is 6.49. The van der Waals surface area contributed by atoms with E-state index in [1.54, 1.807) is 35.1 Å². The van der Waals surface area contributed by atoms with Crippen molar-refractivity contribution in [1.82, 2.24) is 14.8 Å². The molecule has 40 heavy (non-hydrogen) atoms. The van der Waals surface area contributed by atoms with Gasteiger partial charge in [-0.2, -0.15) is 0 Å². The Morgan fingerprint density at radius 3 is 2.60 bits per heavy atom. The number of rotatable bonds is 7. The zero-order valence-corrected chi connectivity index (χ0v) is 22.9. The third-order valence-corrected chi connectivity index (χ3v) is 8.32. The Hall–Kier alpha value is -4.33. The van der Waals surface area contributed by atoms with Crippen molar-refractivity contribution in [2.75, 3.05) is 33.4 Å². The number of ether oxygens (including phenoxy) is 2. The number of carbonyl (C=O) groups is 2. The first kappa shape index (κ1) is 25.9. The van der Waals surface area contributed by atoms with Crippen LogP contribution in [0, 0.1) is 5.82 Å². The van der Waals surface area contributed by atoms with E-state index in [1.165, 1.54) is 6.07 Å². The summed E-state index contributed by atoms with van der Waals surface area (Å²) in [6, 6.07) is 20.3. The highest BCUT2D eigenvalue weighted by Gasteiger charge is 2.56. The number of hydrogen-bond acceptors (Lipinski definition) is 4. The van der Waals surface area contributed by atoms with Gasteiger partial charge < -0.3 is 24.3 Å². The number of halogens is 1. The van der Waals surface area contributed by atoms with Crippen molar-refractivity contribution < 1.29 is 23.5 Å². The van der Waals surface area contributed by atoms with E-state index in [1.807, 2.05) is 56.3 Å². The molecule has 3 aromatic carbocycles. The van der Waals surface area contributed by atoms with Crippen LogP contribution in [-0.2, 0) is 21.5 Å². The van der Waals surface area contributed by atoms with Gasteiger partial charge in [-0.15, -0.1) is 0 Å². The predicted octanol–water partition coefficient (Wildman–Crippen LogP) is 4.99. The lowest BCUT2D eigenvalue weighted by atomic mass is 9.76. The first-order valence-corrected chi connectivity index (χ1v) is 13.6. The van der Waals surface area contributed by atoms with Gasteiger partial charge in [0.05, 0.1) is 26.0 Å². The van der Waals surface area contributed by atoms with Crippen molar-refractivity contribution in [3.8, 4) is 11.5 Å². The molecule has 1 aromatic heterocycles. The minimum absolute atomic E-state index is 0.0540. The second kappa shape index (κ2) is 10.0. The van der Waals surface area contributed by atoms with Gasteiger partial charge in [-0.3, -0.25) is 9.59 Å². The second-order valence-corrected chi connectivity index (χ2v) is 10.5. The summed E-state index contributed by atoms with van der Waals surface area (Å²) in [4.78, 5) is 34.8. The molecule has 0 aliphatic carbocycles. The summed E-state index contributed by atoms with van der Waals surface area (Å²) in [5, 5.41) is 0.998. The van der Waals surface area contributed by atoms with Crippen LogP contribution in [0.25, 0.3) is 10.9 Å². The molecule has 0 saturated carbocycles. The Labute approximate surface area is 232 Å². The molecule has 0 bridgehead atoms. The standard InChI is InChI=1S/C32H32FN3O4/c1-4-40-29-21(12-9-15-26(29)39-3)23-18-36-27(37)19-35(17-16-20-10-5-7-13-24(20)33)31(38)32(36,2)30-28(23)22-11-6-8-14-25(22)34-30/h5-15,23,34H,4,16-19H2,1-3H3/t23?,32-/m0/s1. The maximum absolute atomic E-state index is 14.3. The number of para-hydroxylation sites is 2. The van der Waals surface area contributed by atoms with E-state index < -0.39 is 5.54 Å². The number of aromatic nitrogens is 1. The Morgan fingerprint density at radius 2 is 1.82 bits per heavy atom. The highest BCUT2D eigenvalue weighted by Crippen LogP contribution is 2.50. The molecule has 7 nitrogen and oxygen atoms in total. The van der Waals surface area contributed by atoms with E-state index in [0.717, 1.165) is 22.0 Å². The van der Waals surface area contributed by atoms with Crippen LogP contribution < -0.4 is 9.47 Å². The van der Waals surface area contributed by atoms with Crippen molar-refractivity contribution >= 4 is 22.7 Å². The van der Waals surface area contributed by atoms with Crippen LogP contribution in [0.4, 0.5) is 4.39 Å². The van der Waals surface area contributed by atoms with Crippen LogP contribution in [0.2, 0.25) is 0 Å². The molecule has 1 fully saturated rings. The summed E-state index contributed by atoms with van der Waals surface area (Å²) in [5.41, 5.74) is 2.75. The number of piperazine rings is 1. The molecule has 8 heteroatoms. The van der Waals surface area contributed by atoms with Gasteiger partial charge in [-0.05, 0) is 49.6 Å². The summed E-state index contributed by atoms with van der Waals surface area (Å²) in [5.74, 6) is 0.371. The minimum Gasteiger partial charge on any atom is -0.493 e. The average molecular weight is 542 g/mol. The summed E-state index contributed by atoms with van der Waals surface area (Å²) >= 11 is 0. The zero-order valence-electron chi connectivity index (χ0n) is 22.9. The quantitative estimate of drug-likeness (QED) is 0.358. The maximum Gasteiger partial charge on any atom is 0.254 e. The molecule has 4 aromatic rings. The first-order valence-electron chi connectivity index (χ1n) is 13.6. The Bertz CT molecular complexity index is 1620. The first-order chi connectivity index (χ1) is 19.4.